The summed E-state index contributed by atoms with van der Waals surface area (Å²) in [7, 11) is 0. The number of pyridine rings is 1. The van der Waals surface area contributed by atoms with Gasteiger partial charge in [-0.1, -0.05) is 11.6 Å². The minimum absolute atomic E-state index is 0.0231. The first-order valence-corrected chi connectivity index (χ1v) is 4.62. The van der Waals surface area contributed by atoms with Crippen molar-refractivity contribution in [2.24, 2.45) is 0 Å². The van der Waals surface area contributed by atoms with Crippen LogP contribution in [0.3, 0.4) is 0 Å². The van der Waals surface area contributed by atoms with Crippen molar-refractivity contribution in [3.8, 4) is 0 Å². The number of aromatic carboxylic acids is 1. The van der Waals surface area contributed by atoms with Crippen LogP contribution in [0.1, 0.15) is 10.5 Å². The molecule has 1 heterocycles. The van der Waals surface area contributed by atoms with Crippen LogP contribution >= 0.6 is 11.6 Å². The number of benzene rings is 1. The van der Waals surface area contributed by atoms with Crippen molar-refractivity contribution in [1.29, 1.82) is 0 Å². The number of aromatic amines is 1. The lowest BCUT2D eigenvalue weighted by Crippen LogP contribution is -2.10. The molecule has 0 aliphatic heterocycles. The fourth-order valence-electron chi connectivity index (χ4n) is 1.39. The van der Waals surface area contributed by atoms with Crippen molar-refractivity contribution in [2.75, 3.05) is 0 Å². The fraction of sp³-hybridized carbons (Fsp3) is 0. The van der Waals surface area contributed by atoms with Crippen LogP contribution in [-0.2, 0) is 0 Å². The maximum absolute atomic E-state index is 13.0. The molecule has 6 heteroatoms. The van der Waals surface area contributed by atoms with Crippen molar-refractivity contribution < 1.29 is 14.3 Å². The van der Waals surface area contributed by atoms with Gasteiger partial charge in [-0.15, -0.1) is 0 Å². The van der Waals surface area contributed by atoms with E-state index in [0.29, 0.717) is 0 Å². The lowest BCUT2D eigenvalue weighted by atomic mass is 10.2. The Hall–Kier alpha value is -1.88. The monoisotopic (exact) mass is 241 g/mol. The summed E-state index contributed by atoms with van der Waals surface area (Å²) in [6.45, 7) is 0. The van der Waals surface area contributed by atoms with Crippen molar-refractivity contribution in [2.45, 2.75) is 0 Å². The second kappa shape index (κ2) is 3.61. The number of carbonyl (C=O) groups is 1. The molecule has 2 N–H and O–H groups in total. The van der Waals surface area contributed by atoms with Gasteiger partial charge in [-0.05, 0) is 12.1 Å². The third-order valence-electron chi connectivity index (χ3n) is 2.09. The third kappa shape index (κ3) is 1.65. The Balaban J connectivity index is 2.93. The van der Waals surface area contributed by atoms with Gasteiger partial charge in [-0.3, -0.25) is 4.79 Å². The van der Waals surface area contributed by atoms with E-state index in [4.69, 9.17) is 16.7 Å². The molecule has 0 radical (unpaired) electrons. The molecule has 2 aromatic rings. The van der Waals surface area contributed by atoms with Crippen LogP contribution in [0.25, 0.3) is 10.9 Å². The molecule has 4 nitrogen and oxygen atoms in total. The second-order valence-electron chi connectivity index (χ2n) is 3.16. The van der Waals surface area contributed by atoms with E-state index in [9.17, 15) is 14.0 Å². The summed E-state index contributed by atoms with van der Waals surface area (Å²) >= 11 is 5.71. The van der Waals surface area contributed by atoms with Crippen LogP contribution in [0.2, 0.25) is 5.02 Å². The van der Waals surface area contributed by atoms with Crippen LogP contribution in [-0.4, -0.2) is 16.1 Å². The van der Waals surface area contributed by atoms with E-state index in [1.807, 2.05) is 0 Å². The first-order valence-electron chi connectivity index (χ1n) is 4.24. The standard InChI is InChI=1S/C10H5ClFNO3/c11-6-2-4(12)1-5-8(14)3-7(10(15)16)13-9(5)6/h1-3H,(H,13,14)(H,15,16). The molecule has 0 fully saturated rings. The number of fused-ring (bicyclic) bond motifs is 1. The smallest absolute Gasteiger partial charge is 0.352 e. The summed E-state index contributed by atoms with van der Waals surface area (Å²) in [4.78, 5) is 24.7. The van der Waals surface area contributed by atoms with Crippen LogP contribution in [0.4, 0.5) is 4.39 Å². The molecule has 0 atom stereocenters. The maximum atomic E-state index is 13.0. The Labute approximate surface area is 93.3 Å². The highest BCUT2D eigenvalue weighted by atomic mass is 35.5. The lowest BCUT2D eigenvalue weighted by Gasteiger charge is -2.02. The Morgan fingerprint density at radius 1 is 1.38 bits per heavy atom. The SMILES string of the molecule is O=C(O)c1cc(=O)c2cc(F)cc(Cl)c2[nH]1. The molecule has 82 valence electrons. The lowest BCUT2D eigenvalue weighted by molar-refractivity contribution is 0.0691. The molecule has 0 saturated carbocycles. The number of carboxylic acid groups (broad SMARTS) is 1. The van der Waals surface area contributed by atoms with Gasteiger partial charge in [0, 0.05) is 11.5 Å². The summed E-state index contributed by atoms with van der Waals surface area (Å²) in [6.07, 6.45) is 0. The van der Waals surface area contributed by atoms with Gasteiger partial charge in [0.05, 0.1) is 10.5 Å². The van der Waals surface area contributed by atoms with Gasteiger partial charge in [0.25, 0.3) is 0 Å². The highest BCUT2D eigenvalue weighted by molar-refractivity contribution is 6.35. The molecule has 1 aromatic heterocycles. The quantitative estimate of drug-likeness (QED) is 0.802. The predicted molar refractivity (Wildman–Crippen MR) is 56.5 cm³/mol. The number of hydrogen-bond acceptors (Lipinski definition) is 2. The third-order valence-corrected chi connectivity index (χ3v) is 2.38. The minimum atomic E-state index is -1.28. The fourth-order valence-corrected chi connectivity index (χ4v) is 1.64. The average Bonchev–Trinajstić information content (AvgIpc) is 2.19. The number of hydrogen-bond donors (Lipinski definition) is 2. The van der Waals surface area contributed by atoms with E-state index in [0.717, 1.165) is 18.2 Å². The van der Waals surface area contributed by atoms with Crippen LogP contribution in [0.5, 0.6) is 0 Å². The number of carboxylic acids is 1. The molecule has 0 aliphatic carbocycles. The molecule has 0 saturated heterocycles. The number of nitrogens with one attached hydrogen (secondary N) is 1. The Kier molecular flexibility index (Phi) is 2.40. The Morgan fingerprint density at radius 2 is 2.06 bits per heavy atom. The Bertz CT molecular complexity index is 650. The number of aromatic nitrogens is 1. The molecule has 0 spiro atoms. The number of H-pyrrole nitrogens is 1. The molecular formula is C10H5ClFNO3. The van der Waals surface area contributed by atoms with Crippen molar-refractivity contribution in [3.05, 3.63) is 45.0 Å². The second-order valence-corrected chi connectivity index (χ2v) is 3.57. The normalized spacial score (nSPS) is 10.6. The van der Waals surface area contributed by atoms with Gasteiger partial charge in [0.1, 0.15) is 11.5 Å². The average molecular weight is 242 g/mol. The molecule has 0 amide bonds. The van der Waals surface area contributed by atoms with Crippen LogP contribution in [0.15, 0.2) is 23.0 Å². The van der Waals surface area contributed by atoms with Gasteiger partial charge in [-0.25, -0.2) is 9.18 Å². The topological polar surface area (TPSA) is 70.2 Å². The molecule has 1 aromatic carbocycles. The molecule has 0 unspecified atom stereocenters. The Morgan fingerprint density at radius 3 is 2.69 bits per heavy atom. The number of halogens is 2. The van der Waals surface area contributed by atoms with Crippen LogP contribution < -0.4 is 5.43 Å². The maximum Gasteiger partial charge on any atom is 0.352 e. The summed E-state index contributed by atoms with van der Waals surface area (Å²) in [5, 5.41) is 8.72. The molecular weight excluding hydrogens is 237 g/mol. The summed E-state index contributed by atoms with van der Waals surface area (Å²) < 4.78 is 13.0. The van der Waals surface area contributed by atoms with E-state index in [1.54, 1.807) is 0 Å². The van der Waals surface area contributed by atoms with Gasteiger partial charge in [0.15, 0.2) is 5.43 Å². The van der Waals surface area contributed by atoms with Gasteiger partial charge in [-0.2, -0.15) is 0 Å². The van der Waals surface area contributed by atoms with E-state index in [1.165, 1.54) is 0 Å². The van der Waals surface area contributed by atoms with Gasteiger partial charge >= 0.3 is 5.97 Å². The summed E-state index contributed by atoms with van der Waals surface area (Å²) in [5.41, 5.74) is -0.758. The molecule has 16 heavy (non-hydrogen) atoms. The molecule has 2 rings (SSSR count). The summed E-state index contributed by atoms with van der Waals surface area (Å²) in [6, 6.07) is 2.90. The zero-order chi connectivity index (χ0) is 11.9. The van der Waals surface area contributed by atoms with Crippen molar-refractivity contribution >= 4 is 28.5 Å². The summed E-state index contributed by atoms with van der Waals surface area (Å²) in [5.74, 6) is -1.93. The largest absolute Gasteiger partial charge is 0.477 e. The van der Waals surface area contributed by atoms with E-state index in [-0.39, 0.29) is 21.6 Å². The highest BCUT2D eigenvalue weighted by Gasteiger charge is 2.11. The zero-order valence-corrected chi connectivity index (χ0v) is 8.51. The molecule has 0 bridgehead atoms. The van der Waals surface area contributed by atoms with Crippen LogP contribution in [0, 0.1) is 5.82 Å². The first kappa shape index (κ1) is 10.6. The van der Waals surface area contributed by atoms with Crippen molar-refractivity contribution in [1.82, 2.24) is 4.98 Å². The highest BCUT2D eigenvalue weighted by Crippen LogP contribution is 2.21. The van der Waals surface area contributed by atoms with E-state index < -0.39 is 17.2 Å². The minimum Gasteiger partial charge on any atom is -0.477 e. The van der Waals surface area contributed by atoms with E-state index >= 15 is 0 Å². The zero-order valence-electron chi connectivity index (χ0n) is 7.75. The van der Waals surface area contributed by atoms with Gasteiger partial charge < -0.3 is 10.1 Å². The van der Waals surface area contributed by atoms with E-state index in [2.05, 4.69) is 4.98 Å². The number of rotatable bonds is 1. The molecule has 0 aliphatic rings. The predicted octanol–water partition coefficient (Wildman–Crippen LogP) is 2.02. The van der Waals surface area contributed by atoms with Gasteiger partial charge in [0.2, 0.25) is 0 Å². The first-order chi connectivity index (χ1) is 7.49. The van der Waals surface area contributed by atoms with Crippen molar-refractivity contribution in [3.63, 3.8) is 0 Å².